The molecule has 0 spiro atoms. The van der Waals surface area contributed by atoms with E-state index < -0.39 is 0 Å². The van der Waals surface area contributed by atoms with Gasteiger partial charge in [0.1, 0.15) is 5.75 Å². The highest BCUT2D eigenvalue weighted by atomic mass is 35.5. The molecule has 0 fully saturated rings. The number of hydrogen-bond acceptors (Lipinski definition) is 5. The van der Waals surface area contributed by atoms with Gasteiger partial charge in [0.25, 0.3) is 0 Å². The molecular weight excluding hydrogens is 338 g/mol. The summed E-state index contributed by atoms with van der Waals surface area (Å²) in [5, 5.41) is 8.49. The van der Waals surface area contributed by atoms with Crippen LogP contribution >= 0.6 is 11.6 Å². The number of hydrogen-bond donors (Lipinski definition) is 2. The van der Waals surface area contributed by atoms with Crippen molar-refractivity contribution in [1.82, 2.24) is 14.8 Å². The Kier molecular flexibility index (Phi) is 3.97. The van der Waals surface area contributed by atoms with Crippen LogP contribution in [0.15, 0.2) is 48.5 Å². The first-order valence-corrected chi connectivity index (χ1v) is 8.40. The molecule has 1 aliphatic heterocycles. The fourth-order valence-corrected chi connectivity index (χ4v) is 3.36. The van der Waals surface area contributed by atoms with Gasteiger partial charge >= 0.3 is 0 Å². The third kappa shape index (κ3) is 3.00. The molecule has 25 heavy (non-hydrogen) atoms. The van der Waals surface area contributed by atoms with Gasteiger partial charge in [0, 0.05) is 5.02 Å². The first-order chi connectivity index (χ1) is 12.1. The van der Waals surface area contributed by atoms with Crippen LogP contribution in [0.3, 0.4) is 0 Å². The molecule has 2 aromatic carbocycles. The van der Waals surface area contributed by atoms with Gasteiger partial charge in [-0.2, -0.15) is 4.98 Å². The van der Waals surface area contributed by atoms with Gasteiger partial charge in [-0.3, -0.25) is 0 Å². The predicted molar refractivity (Wildman–Crippen MR) is 98.0 cm³/mol. The number of anilines is 2. The standard InChI is InChI=1S/C18H18ClN5O/c1-25-14-4-2-3-12(9-14)15-10-16(11-5-7-13(19)8-6-11)24-18(21-15)22-17(20)23-24/h2-9,15-16H,10H2,1H3,(H3,20,21,22,23)/t15-,16-/m0/s1. The van der Waals surface area contributed by atoms with Gasteiger partial charge in [-0.15, -0.1) is 5.10 Å². The van der Waals surface area contributed by atoms with Gasteiger partial charge in [-0.05, 0) is 41.8 Å². The lowest BCUT2D eigenvalue weighted by molar-refractivity contribution is 0.410. The van der Waals surface area contributed by atoms with Crippen LogP contribution in [0.4, 0.5) is 11.9 Å². The van der Waals surface area contributed by atoms with E-state index in [2.05, 4.69) is 21.5 Å². The molecule has 0 bridgehead atoms. The Bertz CT molecular complexity index is 893. The quantitative estimate of drug-likeness (QED) is 0.749. The fraction of sp³-hybridized carbons (Fsp3) is 0.222. The number of ether oxygens (including phenoxy) is 1. The molecule has 7 heteroatoms. The number of nitrogens with two attached hydrogens (primary N) is 1. The molecule has 0 radical (unpaired) electrons. The summed E-state index contributed by atoms with van der Waals surface area (Å²) < 4.78 is 7.19. The van der Waals surface area contributed by atoms with E-state index in [1.807, 2.05) is 47.1 Å². The Balaban J connectivity index is 1.74. The topological polar surface area (TPSA) is 78.0 Å². The van der Waals surface area contributed by atoms with Crippen molar-refractivity contribution in [2.45, 2.75) is 18.5 Å². The maximum Gasteiger partial charge on any atom is 0.241 e. The monoisotopic (exact) mass is 355 g/mol. The number of nitrogens with one attached hydrogen (secondary N) is 1. The van der Waals surface area contributed by atoms with E-state index >= 15 is 0 Å². The van der Waals surface area contributed by atoms with Crippen LogP contribution in [0.5, 0.6) is 5.75 Å². The van der Waals surface area contributed by atoms with E-state index in [1.165, 1.54) is 0 Å². The second-order valence-corrected chi connectivity index (χ2v) is 6.45. The van der Waals surface area contributed by atoms with Crippen molar-refractivity contribution < 1.29 is 4.74 Å². The van der Waals surface area contributed by atoms with Gasteiger partial charge in [-0.1, -0.05) is 35.9 Å². The number of nitrogen functional groups attached to an aromatic ring is 1. The smallest absolute Gasteiger partial charge is 0.241 e. The van der Waals surface area contributed by atoms with Crippen LogP contribution in [-0.4, -0.2) is 21.9 Å². The molecule has 0 aliphatic carbocycles. The number of nitrogens with zero attached hydrogens (tertiary/aromatic N) is 3. The molecule has 0 saturated heterocycles. The Labute approximate surface area is 150 Å². The molecule has 6 nitrogen and oxygen atoms in total. The van der Waals surface area contributed by atoms with Crippen LogP contribution in [0.2, 0.25) is 5.02 Å². The molecular formula is C18H18ClN5O. The summed E-state index contributed by atoms with van der Waals surface area (Å²) in [5.41, 5.74) is 8.07. The van der Waals surface area contributed by atoms with Gasteiger partial charge in [0.2, 0.25) is 11.9 Å². The molecule has 1 aliphatic rings. The summed E-state index contributed by atoms with van der Waals surface area (Å²) in [5.74, 6) is 1.75. The van der Waals surface area contributed by atoms with Gasteiger partial charge in [0.05, 0.1) is 19.2 Å². The largest absolute Gasteiger partial charge is 0.497 e. The van der Waals surface area contributed by atoms with E-state index in [4.69, 9.17) is 22.1 Å². The lowest BCUT2D eigenvalue weighted by atomic mass is 9.93. The molecule has 3 aromatic rings. The molecule has 0 unspecified atom stereocenters. The zero-order chi connectivity index (χ0) is 17.4. The average molecular weight is 356 g/mol. The second kappa shape index (κ2) is 6.29. The summed E-state index contributed by atoms with van der Waals surface area (Å²) in [6.45, 7) is 0. The molecule has 0 saturated carbocycles. The van der Waals surface area contributed by atoms with Crippen molar-refractivity contribution in [3.05, 3.63) is 64.7 Å². The van der Waals surface area contributed by atoms with Crippen LogP contribution in [0.25, 0.3) is 0 Å². The Morgan fingerprint density at radius 2 is 2.00 bits per heavy atom. The predicted octanol–water partition coefficient (Wildman–Crippen LogP) is 3.67. The average Bonchev–Trinajstić information content (AvgIpc) is 3.02. The van der Waals surface area contributed by atoms with Crippen LogP contribution in [0.1, 0.15) is 29.6 Å². The minimum absolute atomic E-state index is 0.0227. The highest BCUT2D eigenvalue weighted by Gasteiger charge is 2.31. The molecule has 2 heterocycles. The van der Waals surface area contributed by atoms with Gasteiger partial charge in [0.15, 0.2) is 0 Å². The molecule has 128 valence electrons. The fourth-order valence-electron chi connectivity index (χ4n) is 3.23. The SMILES string of the molecule is COc1cccc([C@@H]2C[C@@H](c3ccc(Cl)cc3)n3nc(N)nc3N2)c1. The van der Waals surface area contributed by atoms with Crippen LogP contribution in [0, 0.1) is 0 Å². The molecule has 1 aromatic heterocycles. The minimum atomic E-state index is 0.0227. The summed E-state index contributed by atoms with van der Waals surface area (Å²) in [7, 11) is 1.67. The lowest BCUT2D eigenvalue weighted by Gasteiger charge is -2.31. The van der Waals surface area contributed by atoms with Crippen molar-refractivity contribution in [1.29, 1.82) is 0 Å². The van der Waals surface area contributed by atoms with E-state index in [0.717, 1.165) is 23.3 Å². The van der Waals surface area contributed by atoms with Crippen molar-refractivity contribution >= 4 is 23.5 Å². The Hall–Kier alpha value is -2.73. The number of halogens is 1. The molecule has 3 N–H and O–H groups in total. The number of aromatic nitrogens is 3. The first kappa shape index (κ1) is 15.8. The van der Waals surface area contributed by atoms with Gasteiger partial charge < -0.3 is 15.8 Å². The lowest BCUT2D eigenvalue weighted by Crippen LogP contribution is -2.28. The minimum Gasteiger partial charge on any atom is -0.497 e. The number of fused-ring (bicyclic) bond motifs is 1. The zero-order valence-electron chi connectivity index (χ0n) is 13.7. The van der Waals surface area contributed by atoms with E-state index in [9.17, 15) is 0 Å². The summed E-state index contributed by atoms with van der Waals surface area (Å²) in [6, 6.07) is 15.9. The maximum atomic E-state index is 6.03. The van der Waals surface area contributed by atoms with Crippen molar-refractivity contribution in [3.8, 4) is 5.75 Å². The normalized spacial score (nSPS) is 19.1. The molecule has 2 atom stereocenters. The highest BCUT2D eigenvalue weighted by molar-refractivity contribution is 6.30. The highest BCUT2D eigenvalue weighted by Crippen LogP contribution is 2.38. The third-order valence-corrected chi connectivity index (χ3v) is 4.71. The molecule has 0 amide bonds. The Morgan fingerprint density at radius 3 is 2.76 bits per heavy atom. The Morgan fingerprint density at radius 1 is 1.20 bits per heavy atom. The van der Waals surface area contributed by atoms with Crippen LogP contribution in [-0.2, 0) is 0 Å². The summed E-state index contributed by atoms with van der Waals surface area (Å²) in [4.78, 5) is 4.32. The van der Waals surface area contributed by atoms with E-state index in [1.54, 1.807) is 7.11 Å². The van der Waals surface area contributed by atoms with E-state index in [-0.39, 0.29) is 18.0 Å². The number of rotatable bonds is 3. The van der Waals surface area contributed by atoms with Crippen molar-refractivity contribution in [2.24, 2.45) is 0 Å². The third-order valence-electron chi connectivity index (χ3n) is 4.46. The van der Waals surface area contributed by atoms with Gasteiger partial charge in [-0.25, -0.2) is 4.68 Å². The van der Waals surface area contributed by atoms with Crippen molar-refractivity contribution in [2.75, 3.05) is 18.2 Å². The summed E-state index contributed by atoms with van der Waals surface area (Å²) in [6.07, 6.45) is 0.810. The molecule has 4 rings (SSSR count). The summed E-state index contributed by atoms with van der Waals surface area (Å²) >= 11 is 6.03. The number of benzene rings is 2. The van der Waals surface area contributed by atoms with Crippen molar-refractivity contribution in [3.63, 3.8) is 0 Å². The number of methoxy groups -OCH3 is 1. The zero-order valence-corrected chi connectivity index (χ0v) is 14.4. The maximum absolute atomic E-state index is 6.03. The first-order valence-electron chi connectivity index (χ1n) is 8.02. The van der Waals surface area contributed by atoms with E-state index in [0.29, 0.717) is 11.0 Å². The van der Waals surface area contributed by atoms with Crippen LogP contribution < -0.4 is 15.8 Å². The second-order valence-electron chi connectivity index (χ2n) is 6.01.